The smallest absolute Gasteiger partial charge is 0.239 e. The lowest BCUT2D eigenvalue weighted by Crippen LogP contribution is -2.50. The predicted octanol–water partition coefficient (Wildman–Crippen LogP) is 1.31. The first-order chi connectivity index (χ1) is 7.56. The van der Waals surface area contributed by atoms with E-state index in [1.165, 1.54) is 0 Å². The highest BCUT2D eigenvalue weighted by Crippen LogP contribution is 2.36. The van der Waals surface area contributed by atoms with Gasteiger partial charge in [0.2, 0.25) is 15.9 Å². The number of carbonyl (C=O) groups excluding carboxylic acids is 1. The van der Waals surface area contributed by atoms with Crippen LogP contribution in [0.3, 0.4) is 0 Å². The Morgan fingerprint density at radius 3 is 2.44 bits per heavy atom. The highest BCUT2D eigenvalue weighted by Gasteiger charge is 2.44. The van der Waals surface area contributed by atoms with Gasteiger partial charge in [-0.3, -0.25) is 4.79 Å². The maximum absolute atomic E-state index is 11.7. The number of sulfonamides is 1. The van der Waals surface area contributed by atoms with Crippen LogP contribution in [0.5, 0.6) is 0 Å². The van der Waals surface area contributed by atoms with E-state index in [0.717, 1.165) is 9.87 Å². The number of hydrogen-bond acceptors (Lipinski definition) is 3. The predicted molar refractivity (Wildman–Crippen MR) is 60.1 cm³/mol. The molecular formula is C11H13NO3S. The fourth-order valence-corrected chi connectivity index (χ4v) is 3.06. The summed E-state index contributed by atoms with van der Waals surface area (Å²) in [4.78, 5) is 11.4. The summed E-state index contributed by atoms with van der Waals surface area (Å²) in [6.45, 7) is 1.54. The molecular weight excluding hydrogens is 226 g/mol. The van der Waals surface area contributed by atoms with Crippen molar-refractivity contribution < 1.29 is 13.2 Å². The van der Waals surface area contributed by atoms with Crippen molar-refractivity contribution in [1.29, 1.82) is 0 Å². The summed E-state index contributed by atoms with van der Waals surface area (Å²) >= 11 is 0. The molecule has 1 heterocycles. The number of hydrogen-bond donors (Lipinski definition) is 0. The van der Waals surface area contributed by atoms with Crippen LogP contribution >= 0.6 is 0 Å². The number of carbonyl (C=O) groups is 1. The van der Waals surface area contributed by atoms with E-state index in [1.54, 1.807) is 6.92 Å². The molecule has 0 spiro atoms. The van der Waals surface area contributed by atoms with Crippen LogP contribution in [0.15, 0.2) is 30.3 Å². The quantitative estimate of drug-likeness (QED) is 0.747. The molecule has 0 aliphatic carbocycles. The molecule has 4 nitrogen and oxygen atoms in total. The number of rotatable bonds is 3. The van der Waals surface area contributed by atoms with Gasteiger partial charge in [-0.25, -0.2) is 12.7 Å². The van der Waals surface area contributed by atoms with Crippen molar-refractivity contribution in [2.75, 3.05) is 5.75 Å². The number of nitrogens with zero attached hydrogens (tertiary/aromatic N) is 1. The van der Waals surface area contributed by atoms with E-state index in [1.807, 2.05) is 30.3 Å². The second-order valence-corrected chi connectivity index (χ2v) is 5.86. The molecule has 16 heavy (non-hydrogen) atoms. The summed E-state index contributed by atoms with van der Waals surface area (Å²) in [6.07, 6.45) is 0.281. The summed E-state index contributed by atoms with van der Waals surface area (Å²) in [5.41, 5.74) is 0.874. The van der Waals surface area contributed by atoms with Crippen LogP contribution in [-0.2, 0) is 14.8 Å². The van der Waals surface area contributed by atoms with Crippen molar-refractivity contribution in [3.8, 4) is 0 Å². The van der Waals surface area contributed by atoms with Crippen LogP contribution in [0.1, 0.15) is 24.9 Å². The van der Waals surface area contributed by atoms with Gasteiger partial charge in [-0.1, -0.05) is 30.3 Å². The zero-order valence-electron chi connectivity index (χ0n) is 8.96. The van der Waals surface area contributed by atoms with Crippen LogP contribution in [0.25, 0.3) is 0 Å². The van der Waals surface area contributed by atoms with Crippen molar-refractivity contribution in [2.45, 2.75) is 19.4 Å². The molecule has 2 rings (SSSR count). The molecule has 1 amide bonds. The normalized spacial score (nSPS) is 20.7. The number of β-lactam (4-membered cyclic amide) rings is 1. The van der Waals surface area contributed by atoms with Gasteiger partial charge in [-0.05, 0) is 12.5 Å². The average Bonchev–Trinajstić information content (AvgIpc) is 2.26. The molecule has 1 unspecified atom stereocenters. The molecule has 0 saturated carbocycles. The van der Waals surface area contributed by atoms with Crippen molar-refractivity contribution in [3.05, 3.63) is 35.9 Å². The van der Waals surface area contributed by atoms with Gasteiger partial charge in [0.15, 0.2) is 0 Å². The topological polar surface area (TPSA) is 54.5 Å². The van der Waals surface area contributed by atoms with Crippen LogP contribution < -0.4 is 0 Å². The molecule has 0 bridgehead atoms. The molecule has 1 aromatic rings. The Morgan fingerprint density at radius 2 is 1.94 bits per heavy atom. The fourth-order valence-electron chi connectivity index (χ4n) is 1.82. The second kappa shape index (κ2) is 3.90. The van der Waals surface area contributed by atoms with Gasteiger partial charge < -0.3 is 0 Å². The van der Waals surface area contributed by atoms with Gasteiger partial charge in [0, 0.05) is 0 Å². The van der Waals surface area contributed by atoms with Gasteiger partial charge in [-0.2, -0.15) is 0 Å². The zero-order chi connectivity index (χ0) is 11.8. The van der Waals surface area contributed by atoms with E-state index < -0.39 is 10.0 Å². The van der Waals surface area contributed by atoms with Gasteiger partial charge in [-0.15, -0.1) is 0 Å². The molecule has 1 atom stereocenters. The Labute approximate surface area is 94.9 Å². The van der Waals surface area contributed by atoms with E-state index in [4.69, 9.17) is 0 Å². The van der Waals surface area contributed by atoms with Crippen LogP contribution in [0.2, 0.25) is 0 Å². The van der Waals surface area contributed by atoms with Gasteiger partial charge >= 0.3 is 0 Å². The van der Waals surface area contributed by atoms with Gasteiger partial charge in [0.1, 0.15) is 0 Å². The minimum absolute atomic E-state index is 0.0396. The Bertz CT molecular complexity index is 495. The largest absolute Gasteiger partial charge is 0.274 e. The third-order valence-corrected chi connectivity index (χ3v) is 4.53. The summed E-state index contributed by atoms with van der Waals surface area (Å²) in [6, 6.07) is 8.93. The van der Waals surface area contributed by atoms with Crippen molar-refractivity contribution in [3.63, 3.8) is 0 Å². The minimum Gasteiger partial charge on any atom is -0.274 e. The standard InChI is InChI=1S/C11H13NO3S/c1-2-16(14,15)12-10(8-11(12)13)9-6-4-3-5-7-9/h3-7,10H,2,8H2,1H3. The van der Waals surface area contributed by atoms with E-state index in [-0.39, 0.29) is 24.1 Å². The molecule has 1 aliphatic heterocycles. The molecule has 5 heteroatoms. The molecule has 0 N–H and O–H groups in total. The summed E-state index contributed by atoms with van der Waals surface area (Å²) in [7, 11) is -3.42. The Hall–Kier alpha value is -1.36. The van der Waals surface area contributed by atoms with Crippen molar-refractivity contribution >= 4 is 15.9 Å². The number of benzene rings is 1. The van der Waals surface area contributed by atoms with Gasteiger partial charge in [0.05, 0.1) is 18.2 Å². The summed E-state index contributed by atoms with van der Waals surface area (Å²) in [5, 5.41) is 0. The summed E-state index contributed by atoms with van der Waals surface area (Å²) < 4.78 is 24.4. The first kappa shape index (κ1) is 11.1. The highest BCUT2D eigenvalue weighted by molar-refractivity contribution is 7.89. The molecule has 1 aliphatic rings. The van der Waals surface area contributed by atoms with Crippen molar-refractivity contribution in [2.24, 2.45) is 0 Å². The van der Waals surface area contributed by atoms with Crippen LogP contribution in [0.4, 0.5) is 0 Å². The van der Waals surface area contributed by atoms with E-state index in [0.29, 0.717) is 0 Å². The van der Waals surface area contributed by atoms with E-state index in [2.05, 4.69) is 0 Å². The molecule has 1 fully saturated rings. The summed E-state index contributed by atoms with van der Waals surface area (Å²) in [5.74, 6) is -0.349. The first-order valence-corrected chi connectivity index (χ1v) is 6.77. The highest BCUT2D eigenvalue weighted by atomic mass is 32.2. The van der Waals surface area contributed by atoms with Crippen LogP contribution in [0, 0.1) is 0 Å². The zero-order valence-corrected chi connectivity index (χ0v) is 9.78. The van der Waals surface area contributed by atoms with Crippen molar-refractivity contribution in [1.82, 2.24) is 4.31 Å². The third kappa shape index (κ3) is 1.71. The lowest BCUT2D eigenvalue weighted by Gasteiger charge is -2.39. The Kier molecular flexibility index (Phi) is 2.71. The molecule has 1 saturated heterocycles. The minimum atomic E-state index is -3.42. The second-order valence-electron chi connectivity index (χ2n) is 3.72. The fraction of sp³-hybridized carbons (Fsp3) is 0.364. The maximum atomic E-state index is 11.7. The molecule has 86 valence electrons. The lowest BCUT2D eigenvalue weighted by molar-refractivity contribution is -0.137. The average molecular weight is 239 g/mol. The SMILES string of the molecule is CCS(=O)(=O)N1C(=O)CC1c1ccccc1. The molecule has 1 aromatic carbocycles. The van der Waals surface area contributed by atoms with E-state index >= 15 is 0 Å². The monoisotopic (exact) mass is 239 g/mol. The first-order valence-electron chi connectivity index (χ1n) is 5.16. The Morgan fingerprint density at radius 1 is 1.31 bits per heavy atom. The maximum Gasteiger partial charge on any atom is 0.239 e. The van der Waals surface area contributed by atoms with Crippen LogP contribution in [-0.4, -0.2) is 24.4 Å². The number of amides is 1. The van der Waals surface area contributed by atoms with Gasteiger partial charge in [0.25, 0.3) is 0 Å². The third-order valence-electron chi connectivity index (χ3n) is 2.75. The lowest BCUT2D eigenvalue weighted by atomic mass is 9.97. The van der Waals surface area contributed by atoms with E-state index in [9.17, 15) is 13.2 Å². The Balaban J connectivity index is 2.30. The molecule has 0 aromatic heterocycles. The molecule has 0 radical (unpaired) electrons.